The van der Waals surface area contributed by atoms with Crippen LogP contribution in [0.5, 0.6) is 0 Å². The van der Waals surface area contributed by atoms with E-state index in [9.17, 15) is 0 Å². The molecule has 0 saturated heterocycles. The van der Waals surface area contributed by atoms with E-state index in [-0.39, 0.29) is 0 Å². The molecule has 76 heavy (non-hydrogen) atoms. The van der Waals surface area contributed by atoms with Crippen LogP contribution in [0.4, 0.5) is 10.0 Å². The lowest BCUT2D eigenvalue weighted by Gasteiger charge is -2.35. The molecule has 0 bridgehead atoms. The molecule has 1 aliphatic heterocycles. The van der Waals surface area contributed by atoms with E-state index in [0.717, 1.165) is 41.7 Å². The van der Waals surface area contributed by atoms with E-state index >= 15 is 0 Å². The highest BCUT2D eigenvalue weighted by Gasteiger charge is 2.50. The molecule has 400 valence electrons. The van der Waals surface area contributed by atoms with Gasteiger partial charge in [-0.25, -0.2) is 0 Å². The number of rotatable bonds is 27. The molecule has 2 unspecified atom stereocenters. The molecular weight excluding hydrogens is 1100 g/mol. The van der Waals surface area contributed by atoms with Crippen molar-refractivity contribution in [3.8, 4) is 51.5 Å². The Bertz CT molecular complexity index is 3470. The number of hydrogen-bond acceptors (Lipinski definition) is 14. The standard InChI is InChI=1S/C61H74N6S8Si/c1-9-16-21-38(14-6)36-76(37-39(15-7)22-17-10-2)52-32-46(42-25-23-40(56-58(42)64-74-62-56)44-30-48-50(68-44)34-54(70-48)66(8)27-18-11-3)72-60(52)61-53(76)33-47(73-61)43-26-24-41(57-59(43)65-75-63-57)45-31-49-51(69-45)35-55(71-49)67(28-19-12-4)29-20-13-5/h23-26,30-35,38-39H,9-22,27-29,36-37H2,1-8H3. The van der Waals surface area contributed by atoms with E-state index in [1.54, 1.807) is 10.4 Å². The van der Waals surface area contributed by atoms with Crippen molar-refractivity contribution in [3.63, 3.8) is 0 Å². The number of hydrogen-bond donors (Lipinski definition) is 0. The number of unbranched alkanes of at least 4 members (excludes halogenated alkanes) is 5. The molecule has 0 aliphatic carbocycles. The van der Waals surface area contributed by atoms with Crippen LogP contribution >= 0.6 is 91.5 Å². The molecular formula is C61H74N6S8Si. The Kier molecular flexibility index (Phi) is 17.3. The second-order valence-corrected chi connectivity index (χ2v) is 33.1. The second kappa shape index (κ2) is 24.1. The number of aromatic nitrogens is 4. The van der Waals surface area contributed by atoms with Gasteiger partial charge in [0.25, 0.3) is 0 Å². The third-order valence-electron chi connectivity index (χ3n) is 16.4. The lowest BCUT2D eigenvalue weighted by atomic mass is 10.0. The molecule has 15 heteroatoms. The van der Waals surface area contributed by atoms with Crippen molar-refractivity contribution in [2.45, 2.75) is 150 Å². The summed E-state index contributed by atoms with van der Waals surface area (Å²) in [5, 5.41) is 6.19. The van der Waals surface area contributed by atoms with Gasteiger partial charge in [-0.3, -0.25) is 0 Å². The first kappa shape index (κ1) is 54.6. The molecule has 0 amide bonds. The minimum absolute atomic E-state index is 0.712. The molecule has 11 rings (SSSR count). The highest BCUT2D eigenvalue weighted by Crippen LogP contribution is 2.52. The van der Waals surface area contributed by atoms with Gasteiger partial charge in [0.15, 0.2) is 0 Å². The first-order valence-electron chi connectivity index (χ1n) is 28.6. The average molecular weight is 1180 g/mol. The van der Waals surface area contributed by atoms with Gasteiger partial charge < -0.3 is 9.80 Å². The molecule has 9 heterocycles. The zero-order valence-corrected chi connectivity index (χ0v) is 53.3. The first-order valence-corrected chi connectivity index (χ1v) is 37.3. The Balaban J connectivity index is 0.995. The molecule has 8 aromatic heterocycles. The van der Waals surface area contributed by atoms with Crippen LogP contribution in [0.15, 0.2) is 60.7 Å². The quantitative estimate of drug-likeness (QED) is 0.0478. The summed E-state index contributed by atoms with van der Waals surface area (Å²) in [7, 11) is -0.0809. The Hall–Kier alpha value is -3.38. The molecule has 6 nitrogen and oxygen atoms in total. The summed E-state index contributed by atoms with van der Waals surface area (Å²) in [4.78, 5) is 13.4. The second-order valence-electron chi connectivity index (χ2n) is 21.6. The molecule has 0 fully saturated rings. The van der Waals surface area contributed by atoms with Gasteiger partial charge in [-0.2, -0.15) is 17.5 Å². The Morgan fingerprint density at radius 3 is 1.22 bits per heavy atom. The molecule has 0 spiro atoms. The molecule has 0 radical (unpaired) electrons. The molecule has 0 N–H and O–H groups in total. The van der Waals surface area contributed by atoms with Gasteiger partial charge in [-0.15, -0.1) is 68.0 Å². The van der Waals surface area contributed by atoms with E-state index in [4.69, 9.17) is 17.5 Å². The molecule has 10 aromatic rings. The van der Waals surface area contributed by atoms with Crippen LogP contribution in [-0.4, -0.2) is 52.2 Å². The van der Waals surface area contributed by atoms with E-state index in [0.29, 0.717) is 11.8 Å². The molecule has 2 aromatic carbocycles. The first-order chi connectivity index (χ1) is 37.2. The van der Waals surface area contributed by atoms with Crippen LogP contribution in [0.25, 0.3) is 92.4 Å². The SMILES string of the molecule is CCCCC(CC)C[Si]1(CC(CC)CCCC)c2cc(-c3ccc(-c4cc5sc(N(C)CCCC)cc5s4)c4nsnc34)sc2-c2sc(-c3ccc(-c4cc5sc(N(CCCC)CCCC)cc5s4)c4nsnc34)cc21. The van der Waals surface area contributed by atoms with Crippen molar-refractivity contribution in [1.29, 1.82) is 0 Å². The predicted molar refractivity (Wildman–Crippen MR) is 349 cm³/mol. The highest BCUT2D eigenvalue weighted by molar-refractivity contribution is 7.33. The summed E-state index contributed by atoms with van der Waals surface area (Å²) in [6.45, 7) is 19.9. The third kappa shape index (κ3) is 10.5. The van der Waals surface area contributed by atoms with Crippen molar-refractivity contribution in [1.82, 2.24) is 17.5 Å². The zero-order valence-electron chi connectivity index (χ0n) is 45.8. The fourth-order valence-corrected chi connectivity index (χ4v) is 28.4. The number of fused-ring (bicyclic) bond motifs is 7. The normalized spacial score (nSPS) is 15.3. The fraction of sp³-hybridized carbons (Fsp3) is 0.475. The van der Waals surface area contributed by atoms with Gasteiger partial charge in [0.2, 0.25) is 0 Å². The van der Waals surface area contributed by atoms with E-state index < -0.39 is 8.07 Å². The van der Waals surface area contributed by atoms with Gasteiger partial charge in [-0.1, -0.05) is 143 Å². The van der Waals surface area contributed by atoms with E-state index in [1.807, 2.05) is 68.0 Å². The number of thiophene rings is 6. The lowest BCUT2D eigenvalue weighted by Crippen LogP contribution is -2.56. The number of benzene rings is 2. The molecule has 1 aliphatic rings. The predicted octanol–water partition coefficient (Wildman–Crippen LogP) is 20.7. The van der Waals surface area contributed by atoms with Crippen molar-refractivity contribution in [2.24, 2.45) is 11.8 Å². The van der Waals surface area contributed by atoms with Crippen LogP contribution in [0.3, 0.4) is 0 Å². The highest BCUT2D eigenvalue weighted by atomic mass is 32.1. The largest absolute Gasteiger partial charge is 0.366 e. The number of nitrogens with zero attached hydrogens (tertiary/aromatic N) is 6. The van der Waals surface area contributed by atoms with Gasteiger partial charge in [0, 0.05) is 97.0 Å². The molecule has 0 saturated carbocycles. The van der Waals surface area contributed by atoms with Crippen LogP contribution in [0.1, 0.15) is 138 Å². The summed E-state index contributed by atoms with van der Waals surface area (Å²) < 4.78 is 25.9. The topological polar surface area (TPSA) is 58.0 Å². The minimum Gasteiger partial charge on any atom is -0.366 e. The monoisotopic (exact) mass is 1170 g/mol. The van der Waals surface area contributed by atoms with Crippen molar-refractivity contribution in [3.05, 3.63) is 60.7 Å². The van der Waals surface area contributed by atoms with Gasteiger partial charge in [0.1, 0.15) is 30.1 Å². The Morgan fingerprint density at radius 2 is 0.816 bits per heavy atom. The summed E-state index contributed by atoms with van der Waals surface area (Å²) in [6, 6.07) is 27.2. The minimum atomic E-state index is -2.31. The van der Waals surface area contributed by atoms with Crippen LogP contribution in [-0.2, 0) is 0 Å². The molecule has 2 atom stereocenters. The maximum atomic E-state index is 5.14. The Labute approximate surface area is 484 Å². The Morgan fingerprint density at radius 1 is 0.434 bits per heavy atom. The van der Waals surface area contributed by atoms with E-state index in [1.165, 1.54) is 206 Å². The van der Waals surface area contributed by atoms with Gasteiger partial charge >= 0.3 is 0 Å². The third-order valence-corrected chi connectivity index (χ3v) is 30.6. The maximum Gasteiger partial charge on any atom is 0.122 e. The lowest BCUT2D eigenvalue weighted by molar-refractivity contribution is 0.469. The summed E-state index contributed by atoms with van der Waals surface area (Å²) in [5.74, 6) is 1.42. The fourth-order valence-electron chi connectivity index (χ4n) is 12.0. The summed E-state index contributed by atoms with van der Waals surface area (Å²) in [5.41, 5.74) is 9.08. The number of anilines is 2. The summed E-state index contributed by atoms with van der Waals surface area (Å²) in [6.07, 6.45) is 17.6. The van der Waals surface area contributed by atoms with Crippen molar-refractivity contribution in [2.75, 3.05) is 36.5 Å². The van der Waals surface area contributed by atoms with Gasteiger partial charge in [0.05, 0.1) is 33.5 Å². The van der Waals surface area contributed by atoms with Crippen molar-refractivity contribution < 1.29 is 0 Å². The smallest absolute Gasteiger partial charge is 0.122 e. The van der Waals surface area contributed by atoms with Gasteiger partial charge in [-0.05, 0) is 90.0 Å². The van der Waals surface area contributed by atoms with Crippen LogP contribution < -0.4 is 20.2 Å². The maximum absolute atomic E-state index is 5.14. The average Bonchev–Trinajstić information content (AvgIpc) is 4.42. The van der Waals surface area contributed by atoms with Crippen LogP contribution in [0.2, 0.25) is 12.1 Å². The zero-order chi connectivity index (χ0) is 52.5. The summed E-state index contributed by atoms with van der Waals surface area (Å²) >= 11 is 14.5. The van der Waals surface area contributed by atoms with Crippen LogP contribution in [0, 0.1) is 11.8 Å². The van der Waals surface area contributed by atoms with E-state index in [2.05, 4.69) is 126 Å². The van der Waals surface area contributed by atoms with Crippen molar-refractivity contribution >= 4 is 161 Å².